The number of nitrogens with zero attached hydrogens (tertiary/aromatic N) is 1. The Bertz CT molecular complexity index is 730. The molecule has 0 amide bonds. The molecule has 3 rings (SSSR count). The summed E-state index contributed by atoms with van der Waals surface area (Å²) in [5, 5.41) is 15.7. The lowest BCUT2D eigenvalue weighted by atomic mass is 9.56. The van der Waals surface area contributed by atoms with Crippen LogP contribution < -0.4 is 10.1 Å². The maximum atomic E-state index is 12.5. The highest BCUT2D eigenvalue weighted by Crippen LogP contribution is 2.53. The second kappa shape index (κ2) is 8.69. The first kappa shape index (κ1) is 22.2. The third kappa shape index (κ3) is 4.06. The molecule has 162 valence electrons. The Kier molecular flexibility index (Phi) is 6.64. The number of piperidine rings is 1. The van der Waals surface area contributed by atoms with Crippen LogP contribution in [0.5, 0.6) is 5.75 Å². The summed E-state index contributed by atoms with van der Waals surface area (Å²) < 4.78 is 5.58. The van der Waals surface area contributed by atoms with E-state index in [-0.39, 0.29) is 11.5 Å². The summed E-state index contributed by atoms with van der Waals surface area (Å²) in [6.45, 7) is 13.0. The van der Waals surface area contributed by atoms with Crippen molar-refractivity contribution in [1.29, 1.82) is 0 Å². The maximum absolute atomic E-state index is 12.5. The zero-order chi connectivity index (χ0) is 21.2. The molecule has 2 N–H and O–H groups in total. The van der Waals surface area contributed by atoms with E-state index in [1.54, 1.807) is 7.11 Å². The van der Waals surface area contributed by atoms with Gasteiger partial charge in [-0.1, -0.05) is 26.0 Å². The number of aryl methyl sites for hydroxylation is 1. The number of nitrogens with one attached hydrogen (secondary N) is 1. The quantitative estimate of drug-likeness (QED) is 0.645. The van der Waals surface area contributed by atoms with E-state index in [2.05, 4.69) is 49.7 Å². The number of ether oxygens (including phenoxy) is 1. The number of allylic oxidation sites excluding steroid dienone is 1. The van der Waals surface area contributed by atoms with Gasteiger partial charge >= 0.3 is 0 Å². The van der Waals surface area contributed by atoms with Gasteiger partial charge in [0.25, 0.3) is 0 Å². The third-order valence-corrected chi connectivity index (χ3v) is 7.54. The molecule has 3 unspecified atom stereocenters. The highest BCUT2D eigenvalue weighted by atomic mass is 16.5. The van der Waals surface area contributed by atoms with Crippen LogP contribution in [0.15, 0.2) is 30.5 Å². The van der Waals surface area contributed by atoms with Gasteiger partial charge in [-0.05, 0) is 81.7 Å². The molecule has 4 nitrogen and oxygen atoms in total. The van der Waals surface area contributed by atoms with Gasteiger partial charge in [0.2, 0.25) is 0 Å². The molecule has 2 aliphatic rings. The molecule has 1 heterocycles. The molecule has 0 radical (unpaired) electrons. The van der Waals surface area contributed by atoms with Gasteiger partial charge in [0.05, 0.1) is 12.7 Å². The topological polar surface area (TPSA) is 44.7 Å². The molecule has 0 spiro atoms. The number of methoxy groups -OCH3 is 1. The minimum atomic E-state index is -0.828. The lowest BCUT2D eigenvalue weighted by molar-refractivity contribution is -0.140. The van der Waals surface area contributed by atoms with E-state index in [0.717, 1.165) is 56.1 Å². The van der Waals surface area contributed by atoms with Crippen molar-refractivity contribution < 1.29 is 9.84 Å². The summed E-state index contributed by atoms with van der Waals surface area (Å²) in [5.41, 5.74) is 2.19. The monoisotopic (exact) mass is 400 g/mol. The largest absolute Gasteiger partial charge is 0.497 e. The lowest BCUT2D eigenvalue weighted by Gasteiger charge is -2.59. The normalized spacial score (nSPS) is 30.2. The van der Waals surface area contributed by atoms with E-state index in [1.165, 1.54) is 24.0 Å². The van der Waals surface area contributed by atoms with Gasteiger partial charge < -0.3 is 15.2 Å². The number of likely N-dealkylation sites (tertiary alicyclic amines) is 1. The van der Waals surface area contributed by atoms with Crippen molar-refractivity contribution in [2.75, 3.05) is 27.2 Å². The van der Waals surface area contributed by atoms with Crippen molar-refractivity contribution in [2.24, 2.45) is 5.92 Å². The van der Waals surface area contributed by atoms with Gasteiger partial charge in [-0.15, -0.1) is 0 Å². The summed E-state index contributed by atoms with van der Waals surface area (Å²) in [6, 6.07) is 6.41. The molecule has 0 aromatic heterocycles. The highest BCUT2D eigenvalue weighted by molar-refractivity contribution is 5.44. The Balaban J connectivity index is 2.13. The molecule has 1 saturated carbocycles. The molecule has 1 aromatic rings. The van der Waals surface area contributed by atoms with Gasteiger partial charge in [0, 0.05) is 30.7 Å². The average molecular weight is 401 g/mol. The van der Waals surface area contributed by atoms with Crippen LogP contribution in [0.3, 0.4) is 0 Å². The summed E-state index contributed by atoms with van der Waals surface area (Å²) in [5.74, 6) is 1.67. The van der Waals surface area contributed by atoms with Crippen LogP contribution in [0.2, 0.25) is 0 Å². The number of rotatable bonds is 9. The smallest absolute Gasteiger partial charge is 0.119 e. The number of hydrogen-bond acceptors (Lipinski definition) is 4. The third-order valence-electron chi connectivity index (χ3n) is 7.54. The Morgan fingerprint density at radius 3 is 2.69 bits per heavy atom. The second-order valence-corrected chi connectivity index (χ2v) is 9.33. The lowest BCUT2D eigenvalue weighted by Crippen LogP contribution is -2.68. The van der Waals surface area contributed by atoms with E-state index in [0.29, 0.717) is 0 Å². The molecular weight excluding hydrogens is 360 g/mol. The van der Waals surface area contributed by atoms with E-state index in [9.17, 15) is 5.11 Å². The number of aliphatic hydroxyl groups is 1. The van der Waals surface area contributed by atoms with E-state index < -0.39 is 5.60 Å². The molecular formula is C25H40N2O2. The number of benzene rings is 1. The SMILES string of the molecule is C=C(CC1(c2cc(OC)ccc2C)CCN(CC2CC2)C(C)C1(O)CCC)NC. The first-order valence-corrected chi connectivity index (χ1v) is 11.3. The number of hydrogen-bond donors (Lipinski definition) is 2. The van der Waals surface area contributed by atoms with Gasteiger partial charge in [-0.25, -0.2) is 0 Å². The van der Waals surface area contributed by atoms with Gasteiger partial charge in [0.15, 0.2) is 0 Å². The zero-order valence-corrected chi connectivity index (χ0v) is 19.1. The van der Waals surface area contributed by atoms with Crippen molar-refractivity contribution in [3.63, 3.8) is 0 Å². The highest BCUT2D eigenvalue weighted by Gasteiger charge is 2.58. The van der Waals surface area contributed by atoms with Crippen LogP contribution in [0, 0.1) is 12.8 Å². The Morgan fingerprint density at radius 2 is 2.10 bits per heavy atom. The van der Waals surface area contributed by atoms with Gasteiger partial charge in [-0.3, -0.25) is 4.90 Å². The van der Waals surface area contributed by atoms with E-state index in [4.69, 9.17) is 4.74 Å². The Morgan fingerprint density at radius 1 is 1.38 bits per heavy atom. The minimum Gasteiger partial charge on any atom is -0.497 e. The summed E-state index contributed by atoms with van der Waals surface area (Å²) in [4.78, 5) is 2.54. The molecule has 3 atom stereocenters. The first-order chi connectivity index (χ1) is 13.8. The van der Waals surface area contributed by atoms with Crippen molar-refractivity contribution in [3.05, 3.63) is 41.6 Å². The van der Waals surface area contributed by atoms with Crippen LogP contribution in [0.1, 0.15) is 63.5 Å². The molecule has 0 bridgehead atoms. The van der Waals surface area contributed by atoms with Gasteiger partial charge in [-0.2, -0.15) is 0 Å². The van der Waals surface area contributed by atoms with Crippen LogP contribution in [-0.2, 0) is 5.41 Å². The molecule has 1 aromatic carbocycles. The predicted molar refractivity (Wildman–Crippen MR) is 120 cm³/mol. The summed E-state index contributed by atoms with van der Waals surface area (Å²) in [6.07, 6.45) is 6.07. The predicted octanol–water partition coefficient (Wildman–Crippen LogP) is 4.40. The summed E-state index contributed by atoms with van der Waals surface area (Å²) in [7, 11) is 3.64. The second-order valence-electron chi connectivity index (χ2n) is 9.33. The molecule has 4 heteroatoms. The van der Waals surface area contributed by atoms with Crippen LogP contribution in [0.25, 0.3) is 0 Å². The van der Waals surface area contributed by atoms with Crippen molar-refractivity contribution in [1.82, 2.24) is 10.2 Å². The van der Waals surface area contributed by atoms with Gasteiger partial charge in [0.1, 0.15) is 5.75 Å². The van der Waals surface area contributed by atoms with E-state index in [1.807, 2.05) is 13.1 Å². The average Bonchev–Trinajstić information content (AvgIpc) is 3.53. The maximum Gasteiger partial charge on any atom is 0.119 e. The summed E-state index contributed by atoms with van der Waals surface area (Å²) >= 11 is 0. The Labute approximate surface area is 177 Å². The minimum absolute atomic E-state index is 0.104. The molecule has 29 heavy (non-hydrogen) atoms. The van der Waals surface area contributed by atoms with Crippen LogP contribution in [-0.4, -0.2) is 48.9 Å². The molecule has 1 saturated heterocycles. The fourth-order valence-corrected chi connectivity index (χ4v) is 5.56. The fraction of sp³-hybridized carbons (Fsp3) is 0.680. The zero-order valence-electron chi connectivity index (χ0n) is 19.1. The van der Waals surface area contributed by atoms with Crippen LogP contribution in [0.4, 0.5) is 0 Å². The molecule has 2 fully saturated rings. The van der Waals surface area contributed by atoms with Crippen LogP contribution >= 0.6 is 0 Å². The first-order valence-electron chi connectivity index (χ1n) is 11.3. The van der Waals surface area contributed by atoms with Crippen molar-refractivity contribution in [3.8, 4) is 5.75 Å². The standard InChI is InChI=1S/C25H40N2O2/c1-7-12-25(28)20(4)27(17-21-9-10-21)14-13-24(25,16-19(3)26-5)23-15-22(29-6)11-8-18(23)2/h8,11,15,20-21,26,28H,3,7,9-10,12-14,16-17H2,1-2,4-6H3. The van der Waals surface area contributed by atoms with Crippen molar-refractivity contribution >= 4 is 0 Å². The molecule has 1 aliphatic heterocycles. The fourth-order valence-electron chi connectivity index (χ4n) is 5.56. The van der Waals surface area contributed by atoms with Crippen molar-refractivity contribution in [2.45, 2.75) is 76.4 Å². The van der Waals surface area contributed by atoms with E-state index >= 15 is 0 Å². The molecule has 1 aliphatic carbocycles. The Hall–Kier alpha value is -1.52.